The van der Waals surface area contributed by atoms with Crippen molar-refractivity contribution in [2.24, 2.45) is 4.99 Å². The molecule has 0 fully saturated rings. The fourth-order valence-corrected chi connectivity index (χ4v) is 3.60. The van der Waals surface area contributed by atoms with Crippen LogP contribution in [0.2, 0.25) is 0 Å². The minimum absolute atomic E-state index is 0.0594. The third kappa shape index (κ3) is 3.99. The van der Waals surface area contributed by atoms with Crippen LogP contribution in [0.15, 0.2) is 34.1 Å². The van der Waals surface area contributed by atoms with Crippen LogP contribution >= 0.6 is 11.3 Å². The van der Waals surface area contributed by atoms with E-state index in [2.05, 4.69) is 15.1 Å². The summed E-state index contributed by atoms with van der Waals surface area (Å²) < 4.78 is 12.1. The second kappa shape index (κ2) is 8.28. The van der Waals surface area contributed by atoms with Gasteiger partial charge in [0.1, 0.15) is 0 Å². The molecule has 0 unspecified atom stereocenters. The summed E-state index contributed by atoms with van der Waals surface area (Å²) in [5, 5.41) is 3.51. The minimum Gasteiger partial charge on any atom is -0.469 e. The molecule has 9 heteroatoms. The quantitative estimate of drug-likeness (QED) is 0.379. The highest BCUT2D eigenvalue weighted by Crippen LogP contribution is 2.23. The van der Waals surface area contributed by atoms with Gasteiger partial charge in [-0.3, -0.25) is 19.7 Å². The van der Waals surface area contributed by atoms with Gasteiger partial charge in [-0.05, 0) is 19.1 Å². The van der Waals surface area contributed by atoms with Crippen LogP contribution in [0, 0.1) is 0 Å². The summed E-state index contributed by atoms with van der Waals surface area (Å²) in [6, 6.07) is 7.64. The molecular weight excluding hydrogens is 368 g/mol. The zero-order valence-corrected chi connectivity index (χ0v) is 16.1. The molecule has 0 bridgehead atoms. The molecule has 3 rings (SSSR count). The van der Waals surface area contributed by atoms with Gasteiger partial charge < -0.3 is 9.47 Å². The third-order valence-electron chi connectivity index (χ3n) is 3.99. The summed E-state index contributed by atoms with van der Waals surface area (Å²) in [6.07, 6.45) is -0.0594. The molecule has 0 aliphatic heterocycles. The number of aliphatic imine (C=N–C) groups is 1. The Bertz CT molecular complexity index is 1010. The molecule has 0 aliphatic carbocycles. The Hall–Kier alpha value is -2.78. The summed E-state index contributed by atoms with van der Waals surface area (Å²) in [4.78, 5) is 33.7. The molecule has 27 heavy (non-hydrogen) atoms. The zero-order chi connectivity index (χ0) is 19.4. The number of ether oxygens (including phenoxy) is 2. The van der Waals surface area contributed by atoms with Gasteiger partial charge in [-0.15, -0.1) is 0 Å². The number of rotatable bonds is 7. The summed E-state index contributed by atoms with van der Waals surface area (Å²) in [5.74, 6) is -0.446. The number of aromatic nitrogens is 3. The Kier molecular flexibility index (Phi) is 5.82. The normalized spacial score (nSPS) is 11.9. The van der Waals surface area contributed by atoms with Gasteiger partial charge in [0.05, 0.1) is 48.2 Å². The van der Waals surface area contributed by atoms with E-state index in [4.69, 9.17) is 9.47 Å². The standard InChI is InChI=1S/C18H20N4O4S/c1-11(19-8-9-25-2)16-13(10-15(23)26-3)21-22(17(16)24)18-20-12-6-4-5-7-14(12)27-18/h4-7,21H,8-10H2,1-3H3. The van der Waals surface area contributed by atoms with Crippen molar-refractivity contribution in [3.05, 3.63) is 45.9 Å². The maximum Gasteiger partial charge on any atom is 0.311 e. The number of nitrogens with zero attached hydrogens (tertiary/aromatic N) is 3. The maximum atomic E-state index is 13.0. The highest BCUT2D eigenvalue weighted by atomic mass is 32.1. The van der Waals surface area contributed by atoms with E-state index in [1.54, 1.807) is 14.0 Å². The van der Waals surface area contributed by atoms with Crippen LogP contribution in [0.1, 0.15) is 18.2 Å². The van der Waals surface area contributed by atoms with E-state index in [-0.39, 0.29) is 12.0 Å². The van der Waals surface area contributed by atoms with E-state index in [1.165, 1.54) is 23.1 Å². The number of fused-ring (bicyclic) bond motifs is 1. The lowest BCUT2D eigenvalue weighted by molar-refractivity contribution is -0.139. The van der Waals surface area contributed by atoms with E-state index in [0.717, 1.165) is 10.2 Å². The number of H-pyrrole nitrogens is 1. The summed E-state index contributed by atoms with van der Waals surface area (Å²) in [6.45, 7) is 2.61. The fourth-order valence-electron chi connectivity index (χ4n) is 2.67. The number of hydrogen-bond donors (Lipinski definition) is 1. The molecule has 2 heterocycles. The summed E-state index contributed by atoms with van der Waals surface area (Å²) >= 11 is 1.39. The van der Waals surface area contributed by atoms with Crippen molar-refractivity contribution in [1.82, 2.24) is 14.8 Å². The van der Waals surface area contributed by atoms with Gasteiger partial charge in [-0.25, -0.2) is 4.98 Å². The molecule has 0 aliphatic rings. The van der Waals surface area contributed by atoms with Crippen LogP contribution < -0.4 is 5.56 Å². The molecule has 0 radical (unpaired) electrons. The smallest absolute Gasteiger partial charge is 0.311 e. The Balaban J connectivity index is 2.09. The Morgan fingerprint density at radius 1 is 1.33 bits per heavy atom. The molecular formula is C18H20N4O4S. The maximum absolute atomic E-state index is 13.0. The van der Waals surface area contributed by atoms with Gasteiger partial charge in [0.15, 0.2) is 0 Å². The van der Waals surface area contributed by atoms with Crippen molar-refractivity contribution < 1.29 is 14.3 Å². The van der Waals surface area contributed by atoms with Crippen molar-refractivity contribution >= 4 is 33.2 Å². The lowest BCUT2D eigenvalue weighted by Gasteiger charge is -2.01. The molecule has 1 aromatic carbocycles. The van der Waals surface area contributed by atoms with Gasteiger partial charge >= 0.3 is 5.97 Å². The summed E-state index contributed by atoms with van der Waals surface area (Å²) in [7, 11) is 2.90. The van der Waals surface area contributed by atoms with Gasteiger partial charge in [-0.2, -0.15) is 4.68 Å². The molecule has 2 aromatic heterocycles. The molecule has 0 atom stereocenters. The number of aromatic amines is 1. The van der Waals surface area contributed by atoms with Crippen LogP contribution in [-0.2, 0) is 20.7 Å². The number of carbonyl (C=O) groups excluding carboxylic acids is 1. The summed E-state index contributed by atoms with van der Waals surface area (Å²) in [5.41, 5.74) is 1.85. The van der Waals surface area contributed by atoms with E-state index in [1.807, 2.05) is 24.3 Å². The fraction of sp³-hybridized carbons (Fsp3) is 0.333. The van der Waals surface area contributed by atoms with E-state index < -0.39 is 5.97 Å². The average Bonchev–Trinajstić information content (AvgIpc) is 3.22. The lowest BCUT2D eigenvalue weighted by atomic mass is 10.1. The first-order valence-corrected chi connectivity index (χ1v) is 9.13. The molecule has 1 N–H and O–H groups in total. The van der Waals surface area contributed by atoms with Gasteiger partial charge in [0, 0.05) is 12.8 Å². The first-order chi connectivity index (χ1) is 13.0. The molecule has 0 saturated carbocycles. The van der Waals surface area contributed by atoms with Gasteiger partial charge in [-0.1, -0.05) is 23.5 Å². The average molecular weight is 388 g/mol. The largest absolute Gasteiger partial charge is 0.469 e. The monoisotopic (exact) mass is 388 g/mol. The predicted octanol–water partition coefficient (Wildman–Crippen LogP) is 1.95. The van der Waals surface area contributed by atoms with Gasteiger partial charge in [0.2, 0.25) is 5.13 Å². The molecule has 8 nitrogen and oxygen atoms in total. The third-order valence-corrected chi connectivity index (χ3v) is 5.02. The van der Waals surface area contributed by atoms with Crippen molar-refractivity contribution in [2.45, 2.75) is 13.3 Å². The number of carbonyl (C=O) groups is 1. The molecule has 142 valence electrons. The lowest BCUT2D eigenvalue weighted by Crippen LogP contribution is -2.20. The van der Waals surface area contributed by atoms with E-state index in [0.29, 0.717) is 35.3 Å². The second-order valence-corrected chi connectivity index (χ2v) is 6.79. The number of hydrogen-bond acceptors (Lipinski definition) is 7. The van der Waals surface area contributed by atoms with Crippen molar-refractivity contribution in [3.63, 3.8) is 0 Å². The number of benzene rings is 1. The Morgan fingerprint density at radius 2 is 2.11 bits per heavy atom. The van der Waals surface area contributed by atoms with Crippen LogP contribution in [-0.4, -0.2) is 53.8 Å². The molecule has 0 amide bonds. The molecule has 3 aromatic rings. The number of para-hydroxylation sites is 1. The Labute approximate surface area is 159 Å². The molecule has 0 spiro atoms. The van der Waals surface area contributed by atoms with Crippen molar-refractivity contribution in [3.8, 4) is 5.13 Å². The molecule has 0 saturated heterocycles. The SMILES string of the molecule is COCCN=C(C)c1c(CC(=O)OC)[nH]n(-c2nc3ccccc3s2)c1=O. The number of methoxy groups -OCH3 is 2. The van der Waals surface area contributed by atoms with Crippen LogP contribution in [0.5, 0.6) is 0 Å². The topological polar surface area (TPSA) is 98.6 Å². The second-order valence-electron chi connectivity index (χ2n) is 5.78. The number of thiazole rings is 1. The van der Waals surface area contributed by atoms with Crippen LogP contribution in [0.25, 0.3) is 15.3 Å². The number of esters is 1. The highest BCUT2D eigenvalue weighted by molar-refractivity contribution is 7.20. The van der Waals surface area contributed by atoms with Crippen LogP contribution in [0.4, 0.5) is 0 Å². The highest BCUT2D eigenvalue weighted by Gasteiger charge is 2.21. The van der Waals surface area contributed by atoms with Gasteiger partial charge in [0.25, 0.3) is 5.56 Å². The van der Waals surface area contributed by atoms with Crippen LogP contribution in [0.3, 0.4) is 0 Å². The predicted molar refractivity (Wildman–Crippen MR) is 104 cm³/mol. The minimum atomic E-state index is -0.446. The van der Waals surface area contributed by atoms with E-state index in [9.17, 15) is 9.59 Å². The van der Waals surface area contributed by atoms with Crippen molar-refractivity contribution in [2.75, 3.05) is 27.4 Å². The van der Waals surface area contributed by atoms with E-state index >= 15 is 0 Å². The first kappa shape index (κ1) is 19.0. The number of nitrogens with one attached hydrogen (secondary N) is 1. The first-order valence-electron chi connectivity index (χ1n) is 8.32. The zero-order valence-electron chi connectivity index (χ0n) is 15.3. The Morgan fingerprint density at radius 3 is 2.81 bits per heavy atom. The van der Waals surface area contributed by atoms with Crippen molar-refractivity contribution in [1.29, 1.82) is 0 Å².